The Balaban J connectivity index is 1.62. The van der Waals surface area contributed by atoms with E-state index in [1.54, 1.807) is 0 Å². The second kappa shape index (κ2) is 10.6. The van der Waals surface area contributed by atoms with Gasteiger partial charge in [0.25, 0.3) is 5.91 Å². The lowest BCUT2D eigenvalue weighted by molar-refractivity contribution is 0.0951. The Bertz CT molecular complexity index is 1200. The largest absolute Gasteiger partial charge is 0.493 e. The molecule has 0 spiro atoms. The van der Waals surface area contributed by atoms with Crippen molar-refractivity contribution >= 4 is 5.91 Å². The normalized spacial score (nSPS) is 10.7. The van der Waals surface area contributed by atoms with Crippen molar-refractivity contribution in [3.63, 3.8) is 0 Å². The van der Waals surface area contributed by atoms with E-state index in [2.05, 4.69) is 25.2 Å². The summed E-state index contributed by atoms with van der Waals surface area (Å²) in [5, 5.41) is 7.91. The SMILES string of the molecule is CCCCOc1ccc(-c2nn(-c3ccccc3)cc2CNC(=O)c2ccccc2)cc1C. The van der Waals surface area contributed by atoms with E-state index in [1.807, 2.05) is 83.7 Å². The van der Waals surface area contributed by atoms with E-state index >= 15 is 0 Å². The molecule has 5 nitrogen and oxygen atoms in total. The van der Waals surface area contributed by atoms with Crippen LogP contribution in [0.5, 0.6) is 5.75 Å². The first-order valence-electron chi connectivity index (χ1n) is 11.4. The van der Waals surface area contributed by atoms with Crippen LogP contribution in [-0.4, -0.2) is 22.3 Å². The molecule has 4 aromatic rings. The van der Waals surface area contributed by atoms with Crippen molar-refractivity contribution in [3.8, 4) is 22.7 Å². The first-order valence-corrected chi connectivity index (χ1v) is 11.4. The van der Waals surface area contributed by atoms with Crippen LogP contribution >= 0.6 is 0 Å². The molecular formula is C28H29N3O2. The average Bonchev–Trinajstić information content (AvgIpc) is 3.29. The molecule has 1 N–H and O–H groups in total. The van der Waals surface area contributed by atoms with E-state index in [9.17, 15) is 4.79 Å². The minimum Gasteiger partial charge on any atom is -0.493 e. The lowest BCUT2D eigenvalue weighted by atomic mass is 10.0. The Kier molecular flexibility index (Phi) is 7.20. The molecule has 0 aliphatic heterocycles. The molecule has 0 atom stereocenters. The number of hydrogen-bond donors (Lipinski definition) is 1. The first kappa shape index (κ1) is 22.3. The number of para-hydroxylation sites is 1. The topological polar surface area (TPSA) is 56.1 Å². The number of nitrogens with one attached hydrogen (secondary N) is 1. The quantitative estimate of drug-likeness (QED) is 0.328. The highest BCUT2D eigenvalue weighted by Gasteiger charge is 2.15. The summed E-state index contributed by atoms with van der Waals surface area (Å²) in [5.74, 6) is 0.790. The second-order valence-corrected chi connectivity index (χ2v) is 8.01. The van der Waals surface area contributed by atoms with E-state index in [-0.39, 0.29) is 5.91 Å². The van der Waals surface area contributed by atoms with Gasteiger partial charge in [-0.2, -0.15) is 5.10 Å². The fourth-order valence-corrected chi connectivity index (χ4v) is 3.65. The highest BCUT2D eigenvalue weighted by Crippen LogP contribution is 2.29. The number of rotatable bonds is 9. The second-order valence-electron chi connectivity index (χ2n) is 8.01. The molecule has 1 aromatic heterocycles. The summed E-state index contributed by atoms with van der Waals surface area (Å²) >= 11 is 0. The zero-order valence-electron chi connectivity index (χ0n) is 19.1. The summed E-state index contributed by atoms with van der Waals surface area (Å²) in [6.07, 6.45) is 4.12. The van der Waals surface area contributed by atoms with Crippen molar-refractivity contribution in [2.75, 3.05) is 6.61 Å². The highest BCUT2D eigenvalue weighted by atomic mass is 16.5. The number of carbonyl (C=O) groups excluding carboxylic acids is 1. The van der Waals surface area contributed by atoms with Crippen LogP contribution in [0.2, 0.25) is 0 Å². The van der Waals surface area contributed by atoms with Crippen LogP contribution in [0.25, 0.3) is 16.9 Å². The van der Waals surface area contributed by atoms with Gasteiger partial charge in [0.05, 0.1) is 18.0 Å². The molecule has 0 unspecified atom stereocenters. The van der Waals surface area contributed by atoms with Crippen molar-refractivity contribution in [3.05, 3.63) is 102 Å². The predicted octanol–water partition coefficient (Wildman–Crippen LogP) is 5.96. The third kappa shape index (κ3) is 5.50. The molecule has 3 aromatic carbocycles. The van der Waals surface area contributed by atoms with Gasteiger partial charge in [-0.3, -0.25) is 4.79 Å². The standard InChI is InChI=1S/C28H29N3O2/c1-3-4-17-33-26-16-15-23(18-21(26)2)27-24(19-29-28(32)22-11-7-5-8-12-22)20-31(30-27)25-13-9-6-10-14-25/h5-16,18,20H,3-4,17,19H2,1-2H3,(H,29,32). The molecule has 33 heavy (non-hydrogen) atoms. The van der Waals surface area contributed by atoms with E-state index in [4.69, 9.17) is 9.84 Å². The number of aromatic nitrogens is 2. The van der Waals surface area contributed by atoms with Gasteiger partial charge < -0.3 is 10.1 Å². The fraction of sp³-hybridized carbons (Fsp3) is 0.214. The lowest BCUT2D eigenvalue weighted by Gasteiger charge is -2.11. The summed E-state index contributed by atoms with van der Waals surface area (Å²) in [6.45, 7) is 5.30. The average molecular weight is 440 g/mol. The zero-order chi connectivity index (χ0) is 23.0. The van der Waals surface area contributed by atoms with E-state index in [1.165, 1.54) is 0 Å². The monoisotopic (exact) mass is 439 g/mol. The number of amides is 1. The molecule has 0 aliphatic rings. The smallest absolute Gasteiger partial charge is 0.251 e. The molecule has 0 aliphatic carbocycles. The van der Waals surface area contributed by atoms with Gasteiger partial charge in [0, 0.05) is 29.4 Å². The number of nitrogens with zero attached hydrogens (tertiary/aromatic N) is 2. The predicted molar refractivity (Wildman–Crippen MR) is 132 cm³/mol. The van der Waals surface area contributed by atoms with Crippen LogP contribution in [0.4, 0.5) is 0 Å². The maximum absolute atomic E-state index is 12.6. The van der Waals surface area contributed by atoms with Crippen LogP contribution in [0, 0.1) is 6.92 Å². The van der Waals surface area contributed by atoms with E-state index < -0.39 is 0 Å². The molecule has 0 bridgehead atoms. The summed E-state index contributed by atoms with van der Waals surface area (Å²) in [6, 6.07) is 25.4. The summed E-state index contributed by atoms with van der Waals surface area (Å²) in [7, 11) is 0. The van der Waals surface area contributed by atoms with Crippen molar-refractivity contribution in [2.45, 2.75) is 33.2 Å². The van der Waals surface area contributed by atoms with Gasteiger partial charge in [0.1, 0.15) is 5.75 Å². The summed E-state index contributed by atoms with van der Waals surface area (Å²) in [4.78, 5) is 12.6. The Morgan fingerprint density at radius 2 is 1.73 bits per heavy atom. The molecule has 5 heteroatoms. The Morgan fingerprint density at radius 3 is 2.42 bits per heavy atom. The van der Waals surface area contributed by atoms with Gasteiger partial charge in [-0.25, -0.2) is 4.68 Å². The number of unbranched alkanes of at least 4 members (excludes halogenated alkanes) is 1. The Hall–Kier alpha value is -3.86. The van der Waals surface area contributed by atoms with Crippen molar-refractivity contribution in [1.29, 1.82) is 0 Å². The summed E-state index contributed by atoms with van der Waals surface area (Å²) < 4.78 is 7.78. The number of hydrogen-bond acceptors (Lipinski definition) is 3. The van der Waals surface area contributed by atoms with Crippen LogP contribution in [0.3, 0.4) is 0 Å². The minimum atomic E-state index is -0.107. The van der Waals surface area contributed by atoms with E-state index in [0.717, 1.165) is 53.3 Å². The molecular weight excluding hydrogens is 410 g/mol. The van der Waals surface area contributed by atoms with Crippen molar-refractivity contribution < 1.29 is 9.53 Å². The molecule has 1 amide bonds. The number of aryl methyl sites for hydroxylation is 1. The zero-order valence-corrected chi connectivity index (χ0v) is 19.1. The van der Waals surface area contributed by atoms with Gasteiger partial charge in [-0.15, -0.1) is 0 Å². The van der Waals surface area contributed by atoms with Gasteiger partial charge in [0.2, 0.25) is 0 Å². The van der Waals surface area contributed by atoms with Crippen LogP contribution < -0.4 is 10.1 Å². The number of benzene rings is 3. The summed E-state index contributed by atoms with van der Waals surface area (Å²) in [5.41, 5.74) is 5.46. The van der Waals surface area contributed by atoms with Crippen LogP contribution in [-0.2, 0) is 6.54 Å². The molecule has 1 heterocycles. The third-order valence-corrected chi connectivity index (χ3v) is 5.49. The van der Waals surface area contributed by atoms with Gasteiger partial charge in [0.15, 0.2) is 0 Å². The third-order valence-electron chi connectivity index (χ3n) is 5.49. The Labute approximate surface area is 195 Å². The van der Waals surface area contributed by atoms with Gasteiger partial charge in [-0.1, -0.05) is 49.7 Å². The minimum absolute atomic E-state index is 0.107. The van der Waals surface area contributed by atoms with Crippen molar-refractivity contribution in [1.82, 2.24) is 15.1 Å². The molecule has 4 rings (SSSR count). The fourth-order valence-electron chi connectivity index (χ4n) is 3.65. The molecule has 0 radical (unpaired) electrons. The van der Waals surface area contributed by atoms with Gasteiger partial charge in [-0.05, 0) is 61.4 Å². The maximum atomic E-state index is 12.6. The van der Waals surface area contributed by atoms with Crippen LogP contribution in [0.15, 0.2) is 85.1 Å². The number of ether oxygens (including phenoxy) is 1. The Morgan fingerprint density at radius 1 is 1.00 bits per heavy atom. The van der Waals surface area contributed by atoms with Crippen molar-refractivity contribution in [2.24, 2.45) is 0 Å². The first-order chi connectivity index (χ1) is 16.2. The van der Waals surface area contributed by atoms with Crippen LogP contribution in [0.1, 0.15) is 41.3 Å². The highest BCUT2D eigenvalue weighted by molar-refractivity contribution is 5.94. The molecule has 168 valence electrons. The van der Waals surface area contributed by atoms with E-state index in [0.29, 0.717) is 12.1 Å². The number of carbonyl (C=O) groups is 1. The molecule has 0 saturated heterocycles. The molecule has 0 saturated carbocycles. The maximum Gasteiger partial charge on any atom is 0.251 e. The lowest BCUT2D eigenvalue weighted by Crippen LogP contribution is -2.22. The molecule has 0 fully saturated rings. The van der Waals surface area contributed by atoms with Gasteiger partial charge >= 0.3 is 0 Å².